The number of aliphatic hydroxyl groups is 1. The van der Waals surface area contributed by atoms with E-state index in [1.54, 1.807) is 0 Å². The Morgan fingerprint density at radius 3 is 1.61 bits per heavy atom. The van der Waals surface area contributed by atoms with E-state index >= 15 is 0 Å². The molecule has 0 rings (SSSR count). The predicted molar refractivity (Wildman–Crippen MR) is 64.6 cm³/mol. The zero-order valence-corrected chi connectivity index (χ0v) is 14.8. The topological polar surface area (TPSA) is 69.6 Å². The van der Waals surface area contributed by atoms with Crippen LogP contribution in [0.5, 0.6) is 0 Å². The molecule has 4 nitrogen and oxygen atoms in total. The first-order valence-electron chi connectivity index (χ1n) is 6.72. The molecule has 0 aromatic carbocycles. The molecular weight excluding hydrogens is 259 g/mol. The maximum Gasteiger partial charge on any atom is 1.00 e. The summed E-state index contributed by atoms with van der Waals surface area (Å²) in [6, 6.07) is 0. The van der Waals surface area contributed by atoms with Crippen LogP contribution in [0.2, 0.25) is 0 Å². The molecule has 0 spiro atoms. The zero-order valence-electron chi connectivity index (χ0n) is 11.7. The van der Waals surface area contributed by atoms with Crippen LogP contribution < -0.4 is 56.5 Å². The van der Waals surface area contributed by atoms with E-state index in [0.29, 0.717) is 6.61 Å². The SMILES string of the molecule is O=C([O-])OCCCCCCCCCCCCO.[K+]. The predicted octanol–water partition coefficient (Wildman–Crippen LogP) is -0.756. The van der Waals surface area contributed by atoms with Crippen molar-refractivity contribution in [3.8, 4) is 0 Å². The maximum absolute atomic E-state index is 9.93. The maximum atomic E-state index is 9.93. The average molecular weight is 284 g/mol. The monoisotopic (exact) mass is 284 g/mol. The summed E-state index contributed by atoms with van der Waals surface area (Å²) < 4.78 is 4.31. The van der Waals surface area contributed by atoms with Gasteiger partial charge in [0.2, 0.25) is 0 Å². The van der Waals surface area contributed by atoms with Crippen molar-refractivity contribution in [3.05, 3.63) is 0 Å². The summed E-state index contributed by atoms with van der Waals surface area (Å²) in [7, 11) is 0. The van der Waals surface area contributed by atoms with Gasteiger partial charge in [-0.15, -0.1) is 0 Å². The fraction of sp³-hybridized carbons (Fsp3) is 0.923. The third-order valence-corrected chi connectivity index (χ3v) is 2.77. The molecule has 18 heavy (non-hydrogen) atoms. The average Bonchev–Trinajstić information content (AvgIpc) is 2.30. The van der Waals surface area contributed by atoms with E-state index in [1.807, 2.05) is 0 Å². The van der Waals surface area contributed by atoms with Crippen LogP contribution in [0.3, 0.4) is 0 Å². The van der Waals surface area contributed by atoms with Gasteiger partial charge in [0.25, 0.3) is 6.16 Å². The number of aliphatic hydroxyl groups excluding tert-OH is 1. The Bertz CT molecular complexity index is 176. The quantitative estimate of drug-likeness (QED) is 0.291. The Balaban J connectivity index is 0. The Morgan fingerprint density at radius 1 is 0.833 bits per heavy atom. The Hall–Kier alpha value is 0.866. The second-order valence-corrected chi connectivity index (χ2v) is 4.36. The number of rotatable bonds is 12. The number of ether oxygens (including phenoxy) is 1. The van der Waals surface area contributed by atoms with Gasteiger partial charge in [-0.2, -0.15) is 0 Å². The minimum absolute atomic E-state index is 0. The second kappa shape index (κ2) is 17.9. The Kier molecular flexibility index (Phi) is 21.0. The van der Waals surface area contributed by atoms with Crippen molar-refractivity contribution < 1.29 is 71.1 Å². The molecule has 0 aliphatic carbocycles. The van der Waals surface area contributed by atoms with Crippen LogP contribution in [0.4, 0.5) is 4.79 Å². The summed E-state index contributed by atoms with van der Waals surface area (Å²) in [6.07, 6.45) is 9.82. The number of carbonyl (C=O) groups excluding carboxylic acids is 1. The molecule has 0 heterocycles. The van der Waals surface area contributed by atoms with E-state index in [2.05, 4.69) is 4.74 Å². The molecule has 0 radical (unpaired) electrons. The molecule has 0 atom stereocenters. The molecule has 0 saturated heterocycles. The van der Waals surface area contributed by atoms with E-state index in [-0.39, 0.29) is 58.0 Å². The first-order chi connectivity index (χ1) is 8.27. The minimum Gasteiger partial charge on any atom is -0.550 e. The number of unbranched alkanes of at least 4 members (excludes halogenated alkanes) is 9. The fourth-order valence-corrected chi connectivity index (χ4v) is 1.78. The molecule has 102 valence electrons. The van der Waals surface area contributed by atoms with Crippen LogP contribution in [0, 0.1) is 0 Å². The number of hydrogen-bond donors (Lipinski definition) is 1. The summed E-state index contributed by atoms with van der Waals surface area (Å²) in [6.45, 7) is 0.581. The summed E-state index contributed by atoms with van der Waals surface area (Å²) in [4.78, 5) is 9.93. The van der Waals surface area contributed by atoms with Gasteiger partial charge >= 0.3 is 51.4 Å². The van der Waals surface area contributed by atoms with Gasteiger partial charge in [-0.25, -0.2) is 0 Å². The first kappa shape index (κ1) is 21.2. The van der Waals surface area contributed by atoms with Crippen molar-refractivity contribution in [2.24, 2.45) is 0 Å². The van der Waals surface area contributed by atoms with Crippen molar-refractivity contribution in [3.63, 3.8) is 0 Å². The van der Waals surface area contributed by atoms with Crippen molar-refractivity contribution in [1.82, 2.24) is 0 Å². The van der Waals surface area contributed by atoms with Crippen molar-refractivity contribution >= 4 is 6.16 Å². The number of carbonyl (C=O) groups is 1. The third-order valence-electron chi connectivity index (χ3n) is 2.77. The molecule has 0 unspecified atom stereocenters. The molecule has 0 aliphatic rings. The van der Waals surface area contributed by atoms with Crippen LogP contribution in [0.15, 0.2) is 0 Å². The molecule has 1 N–H and O–H groups in total. The minimum atomic E-state index is -1.42. The number of carboxylic acid groups (broad SMARTS) is 1. The summed E-state index contributed by atoms with van der Waals surface area (Å²) in [5, 5.41) is 18.5. The molecule has 0 amide bonds. The van der Waals surface area contributed by atoms with Gasteiger partial charge in [0.05, 0.1) is 0 Å². The van der Waals surface area contributed by atoms with E-state index in [1.165, 1.54) is 32.1 Å². The van der Waals surface area contributed by atoms with E-state index in [4.69, 9.17) is 5.11 Å². The fourth-order valence-electron chi connectivity index (χ4n) is 1.78. The van der Waals surface area contributed by atoms with Gasteiger partial charge in [-0.1, -0.05) is 51.4 Å². The molecule has 0 bridgehead atoms. The van der Waals surface area contributed by atoms with Crippen LogP contribution in [0.1, 0.15) is 64.2 Å². The van der Waals surface area contributed by atoms with Gasteiger partial charge in [-0.3, -0.25) is 0 Å². The summed E-state index contributed by atoms with van der Waals surface area (Å²) >= 11 is 0. The van der Waals surface area contributed by atoms with Gasteiger partial charge in [-0.05, 0) is 12.8 Å². The van der Waals surface area contributed by atoms with Crippen molar-refractivity contribution in [2.45, 2.75) is 64.2 Å². The van der Waals surface area contributed by atoms with Crippen LogP contribution in [-0.4, -0.2) is 24.5 Å². The second-order valence-electron chi connectivity index (χ2n) is 4.36. The van der Waals surface area contributed by atoms with E-state index in [9.17, 15) is 9.90 Å². The van der Waals surface area contributed by atoms with E-state index in [0.717, 1.165) is 32.1 Å². The normalized spacial score (nSPS) is 9.83. The largest absolute Gasteiger partial charge is 1.00 e. The molecule has 0 aliphatic heterocycles. The molecule has 0 saturated carbocycles. The van der Waals surface area contributed by atoms with Gasteiger partial charge in [0.15, 0.2) is 0 Å². The molecule has 0 fully saturated rings. The van der Waals surface area contributed by atoms with Crippen molar-refractivity contribution in [2.75, 3.05) is 13.2 Å². The number of hydrogen-bond acceptors (Lipinski definition) is 4. The Morgan fingerprint density at radius 2 is 1.22 bits per heavy atom. The molecule has 0 aromatic heterocycles. The summed E-state index contributed by atoms with van der Waals surface area (Å²) in [5.41, 5.74) is 0. The van der Waals surface area contributed by atoms with Crippen LogP contribution >= 0.6 is 0 Å². The molecule has 0 aromatic rings. The Labute approximate surface area is 153 Å². The molecule has 5 heteroatoms. The standard InChI is InChI=1S/C13H26O4.K/c14-11-9-7-5-3-1-2-4-6-8-10-12-17-13(15)16;/h14H,1-12H2,(H,15,16);/q;+1/p-1. The van der Waals surface area contributed by atoms with Crippen LogP contribution in [-0.2, 0) is 4.74 Å². The smallest absolute Gasteiger partial charge is 0.550 e. The molecular formula is C13H25KO4. The van der Waals surface area contributed by atoms with Crippen LogP contribution in [0.25, 0.3) is 0 Å². The third kappa shape index (κ3) is 19.2. The first-order valence-corrected chi connectivity index (χ1v) is 6.72. The van der Waals surface area contributed by atoms with Gasteiger partial charge in [0.1, 0.15) is 0 Å². The van der Waals surface area contributed by atoms with Crippen molar-refractivity contribution in [1.29, 1.82) is 0 Å². The summed E-state index contributed by atoms with van der Waals surface area (Å²) in [5.74, 6) is 0. The zero-order chi connectivity index (χ0) is 12.8. The van der Waals surface area contributed by atoms with Gasteiger partial charge in [0, 0.05) is 13.2 Å². The van der Waals surface area contributed by atoms with Gasteiger partial charge < -0.3 is 19.7 Å². The van der Waals surface area contributed by atoms with E-state index < -0.39 is 6.16 Å².